The first-order valence-corrected chi connectivity index (χ1v) is 16.3. The maximum atomic E-state index is 13.5. The number of carboxylic acid groups (broad SMARTS) is 1. The number of amides is 1. The van der Waals surface area contributed by atoms with Crippen LogP contribution in [0, 0.1) is 12.8 Å². The Bertz CT molecular complexity index is 1280. The van der Waals surface area contributed by atoms with Crippen molar-refractivity contribution in [1.29, 1.82) is 0 Å². The van der Waals surface area contributed by atoms with Crippen molar-refractivity contribution in [3.05, 3.63) is 95.1 Å². The van der Waals surface area contributed by atoms with Crippen molar-refractivity contribution in [1.82, 2.24) is 10.2 Å². The van der Waals surface area contributed by atoms with E-state index < -0.39 is 12.0 Å². The fourth-order valence-corrected chi connectivity index (χ4v) is 6.33. The van der Waals surface area contributed by atoms with Crippen LogP contribution in [0.2, 0.25) is 0 Å². The number of hydrogen-bond donors (Lipinski definition) is 1. The summed E-state index contributed by atoms with van der Waals surface area (Å²) in [5.74, 6) is -0.210. The van der Waals surface area contributed by atoms with Gasteiger partial charge in [-0.15, -0.1) is 0 Å². The van der Waals surface area contributed by atoms with Crippen molar-refractivity contribution < 1.29 is 33.6 Å². The van der Waals surface area contributed by atoms with Gasteiger partial charge in [0.15, 0.2) is 0 Å². The Labute approximate surface area is 268 Å². The molecule has 0 spiro atoms. The molecule has 3 aromatic rings. The van der Waals surface area contributed by atoms with Crippen LogP contribution in [0.25, 0.3) is 11.1 Å². The monoisotopic (exact) mass is 578 g/mol. The second kappa shape index (κ2) is 17.6. The molecule has 0 heterocycles. The first-order chi connectivity index (χ1) is 19.9. The largest absolute Gasteiger partial charge is 1.00 e. The minimum Gasteiger partial charge on any atom is -0.548 e. The van der Waals surface area contributed by atoms with Gasteiger partial charge in [0.1, 0.15) is 0 Å². The van der Waals surface area contributed by atoms with E-state index in [1.165, 1.54) is 44.1 Å². The van der Waals surface area contributed by atoms with Gasteiger partial charge in [0.05, 0.1) is 12.0 Å². The van der Waals surface area contributed by atoms with Crippen LogP contribution in [-0.4, -0.2) is 41.4 Å². The molecule has 1 atom stereocenters. The number of aliphatic carboxylic acids is 1. The van der Waals surface area contributed by atoms with Gasteiger partial charge in [0.25, 0.3) is 5.91 Å². The van der Waals surface area contributed by atoms with Crippen molar-refractivity contribution in [2.24, 2.45) is 5.92 Å². The Kier molecular flexibility index (Phi) is 14.2. The SMILES string of the molecule is CSCC[C@H](NC(=O)c1ccc(CN(CCC2CCCCC2)Cc2ccccc2)cc1-c1ccccc1C)C(=O)[O-].[Li+]. The van der Waals surface area contributed by atoms with Crippen LogP contribution in [-0.2, 0) is 17.9 Å². The number of nitrogens with zero attached hydrogens (tertiary/aromatic N) is 1. The first kappa shape index (κ1) is 34.0. The molecule has 1 aliphatic carbocycles. The number of benzene rings is 3. The van der Waals surface area contributed by atoms with Crippen molar-refractivity contribution in [3.8, 4) is 11.1 Å². The van der Waals surface area contributed by atoms with Crippen LogP contribution >= 0.6 is 11.8 Å². The van der Waals surface area contributed by atoms with Gasteiger partial charge in [0, 0.05) is 18.7 Å². The molecule has 0 aliphatic heterocycles. The summed E-state index contributed by atoms with van der Waals surface area (Å²) in [5, 5.41) is 14.5. The molecule has 1 saturated carbocycles. The number of hydrogen-bond acceptors (Lipinski definition) is 5. The van der Waals surface area contributed by atoms with Crippen molar-refractivity contribution in [3.63, 3.8) is 0 Å². The minimum absolute atomic E-state index is 0. The van der Waals surface area contributed by atoms with E-state index in [1.54, 1.807) is 11.8 Å². The van der Waals surface area contributed by atoms with Crippen LogP contribution in [0.1, 0.15) is 72.0 Å². The number of nitrogens with one attached hydrogen (secondary N) is 1. The molecule has 5 nitrogen and oxygen atoms in total. The Hall–Kier alpha value is -2.49. The summed E-state index contributed by atoms with van der Waals surface area (Å²) in [6.07, 6.45) is 10.2. The number of aryl methyl sites for hydroxylation is 1. The second-order valence-corrected chi connectivity index (χ2v) is 12.3. The number of carbonyl (C=O) groups excluding carboxylic acids is 2. The van der Waals surface area contributed by atoms with E-state index in [2.05, 4.69) is 46.6 Å². The van der Waals surface area contributed by atoms with Crippen molar-refractivity contribution in [2.75, 3.05) is 18.6 Å². The van der Waals surface area contributed by atoms with E-state index in [9.17, 15) is 14.7 Å². The maximum absolute atomic E-state index is 13.5. The van der Waals surface area contributed by atoms with E-state index in [0.29, 0.717) is 17.7 Å². The van der Waals surface area contributed by atoms with E-state index in [-0.39, 0.29) is 24.8 Å². The quantitative estimate of drug-likeness (QED) is 0.298. The molecular formula is C35H43LiN2O3S. The average Bonchev–Trinajstić information content (AvgIpc) is 2.99. The van der Waals surface area contributed by atoms with Crippen LogP contribution < -0.4 is 29.3 Å². The van der Waals surface area contributed by atoms with E-state index in [4.69, 9.17) is 0 Å². The van der Waals surface area contributed by atoms with E-state index >= 15 is 0 Å². The van der Waals surface area contributed by atoms with Gasteiger partial charge < -0.3 is 15.2 Å². The molecular weight excluding hydrogens is 535 g/mol. The zero-order chi connectivity index (χ0) is 29.0. The number of thioether (sulfide) groups is 1. The molecule has 218 valence electrons. The molecule has 0 radical (unpaired) electrons. The third-order valence-electron chi connectivity index (χ3n) is 8.20. The summed E-state index contributed by atoms with van der Waals surface area (Å²) in [5.41, 5.74) is 5.78. The fourth-order valence-electron chi connectivity index (χ4n) is 5.86. The second-order valence-electron chi connectivity index (χ2n) is 11.3. The van der Waals surface area contributed by atoms with Gasteiger partial charge in [-0.25, -0.2) is 0 Å². The molecule has 1 fully saturated rings. The Morgan fingerprint density at radius 3 is 2.31 bits per heavy atom. The molecule has 0 saturated heterocycles. The van der Waals surface area contributed by atoms with E-state index in [0.717, 1.165) is 47.8 Å². The molecule has 7 heteroatoms. The zero-order valence-electron chi connectivity index (χ0n) is 25.4. The number of rotatable bonds is 14. The summed E-state index contributed by atoms with van der Waals surface area (Å²) >= 11 is 1.55. The average molecular weight is 579 g/mol. The third kappa shape index (κ3) is 10.1. The zero-order valence-corrected chi connectivity index (χ0v) is 26.3. The molecule has 0 unspecified atom stereocenters. The van der Waals surface area contributed by atoms with Crippen molar-refractivity contribution in [2.45, 2.75) is 71.0 Å². The molecule has 1 amide bonds. The summed E-state index contributed by atoms with van der Waals surface area (Å²) in [6.45, 7) is 4.72. The number of carbonyl (C=O) groups is 2. The predicted octanol–water partition coefficient (Wildman–Crippen LogP) is 3.24. The third-order valence-corrected chi connectivity index (χ3v) is 8.84. The maximum Gasteiger partial charge on any atom is 1.00 e. The molecule has 3 aromatic carbocycles. The molecule has 1 N–H and O–H groups in total. The van der Waals surface area contributed by atoms with Crippen molar-refractivity contribution >= 4 is 23.6 Å². The summed E-state index contributed by atoms with van der Waals surface area (Å²) < 4.78 is 0. The molecule has 0 bridgehead atoms. The Morgan fingerprint density at radius 1 is 0.929 bits per heavy atom. The van der Waals surface area contributed by atoms with Gasteiger partial charge >= 0.3 is 18.9 Å². The van der Waals surface area contributed by atoms with E-state index in [1.807, 2.05) is 49.6 Å². The van der Waals surface area contributed by atoms with Gasteiger partial charge in [-0.1, -0.05) is 92.8 Å². The van der Waals surface area contributed by atoms with Crippen LogP contribution in [0.5, 0.6) is 0 Å². The normalized spacial score (nSPS) is 14.3. The molecule has 4 rings (SSSR count). The van der Waals surface area contributed by atoms with Crippen LogP contribution in [0.4, 0.5) is 0 Å². The van der Waals surface area contributed by atoms with Gasteiger partial charge in [-0.05, 0) is 84.2 Å². The first-order valence-electron chi connectivity index (χ1n) is 14.9. The predicted molar refractivity (Wildman–Crippen MR) is 168 cm³/mol. The molecule has 1 aliphatic rings. The van der Waals surface area contributed by atoms with Gasteiger partial charge in [0.2, 0.25) is 0 Å². The van der Waals surface area contributed by atoms with Crippen LogP contribution in [0.3, 0.4) is 0 Å². The fraction of sp³-hybridized carbons (Fsp3) is 0.429. The summed E-state index contributed by atoms with van der Waals surface area (Å²) in [4.78, 5) is 27.7. The molecule has 0 aromatic heterocycles. The minimum atomic E-state index is -1.25. The Balaban J connectivity index is 0.00000484. The number of carboxylic acids is 1. The van der Waals surface area contributed by atoms with Crippen LogP contribution in [0.15, 0.2) is 72.8 Å². The summed E-state index contributed by atoms with van der Waals surface area (Å²) in [6, 6.07) is 23.6. The summed E-state index contributed by atoms with van der Waals surface area (Å²) in [7, 11) is 0. The van der Waals surface area contributed by atoms with Gasteiger partial charge in [-0.2, -0.15) is 11.8 Å². The van der Waals surface area contributed by atoms with Gasteiger partial charge in [-0.3, -0.25) is 9.69 Å². The Morgan fingerprint density at radius 2 is 1.62 bits per heavy atom. The standard InChI is InChI=1S/C35H44N2O3S.Li/c1-26-11-9-10-16-30(26)32-23-29(17-18-31(32)34(38)36-33(35(39)40)20-22-41-2)25-37(24-28-14-7-4-8-15-28)21-19-27-12-5-3-6-13-27;/h4,7-11,14-18,23,27,33H,3,5-6,12-13,19-22,24-25H2,1-2H3,(H,36,38)(H,39,40);/q;+1/p-1/t33-;/m0./s1. The smallest absolute Gasteiger partial charge is 0.548 e. The topological polar surface area (TPSA) is 72.5 Å². The molecule has 42 heavy (non-hydrogen) atoms.